The van der Waals surface area contributed by atoms with Gasteiger partial charge in [-0.2, -0.15) is 0 Å². The lowest BCUT2D eigenvalue weighted by molar-refractivity contribution is -0.147. The van der Waals surface area contributed by atoms with E-state index in [-0.39, 0.29) is 0 Å². The molecule has 1 rings (SSSR count). The van der Waals surface area contributed by atoms with Crippen molar-refractivity contribution < 1.29 is 9.90 Å². The summed E-state index contributed by atoms with van der Waals surface area (Å²) >= 11 is 0. The first-order chi connectivity index (χ1) is 5.21. The number of rotatable bonds is 2. The van der Waals surface area contributed by atoms with E-state index in [0.29, 0.717) is 0 Å². The minimum Gasteiger partial charge on any atom is -0.481 e. The van der Waals surface area contributed by atoms with Crippen LogP contribution in [0.3, 0.4) is 0 Å². The molecule has 1 saturated carbocycles. The monoisotopic (exact) mass is 154 g/mol. The summed E-state index contributed by atoms with van der Waals surface area (Å²) in [5.74, 6) is -0.702. The van der Waals surface area contributed by atoms with Crippen LogP contribution in [0.5, 0.6) is 0 Å². The Kier molecular flexibility index (Phi) is 2.32. The average molecular weight is 154 g/mol. The summed E-state index contributed by atoms with van der Waals surface area (Å²) in [5, 5.41) is 8.92. The molecule has 0 bridgehead atoms. The van der Waals surface area contributed by atoms with Gasteiger partial charge in [-0.3, -0.25) is 4.79 Å². The van der Waals surface area contributed by atoms with Gasteiger partial charge in [-0.25, -0.2) is 0 Å². The normalized spacial score (nSPS) is 22.5. The smallest absolute Gasteiger partial charge is 0.313 e. The highest BCUT2D eigenvalue weighted by molar-refractivity contribution is 5.77. The van der Waals surface area contributed by atoms with Crippen LogP contribution < -0.4 is 0 Å². The molecule has 1 N–H and O–H groups in total. The Morgan fingerprint density at radius 2 is 1.91 bits per heavy atom. The highest BCUT2D eigenvalue weighted by Gasteiger charge is 2.36. The Morgan fingerprint density at radius 1 is 1.36 bits per heavy atom. The third-order valence-corrected chi connectivity index (χ3v) is 2.56. The van der Waals surface area contributed by atoms with E-state index < -0.39 is 11.4 Å². The van der Waals surface area contributed by atoms with Gasteiger partial charge in [0.25, 0.3) is 0 Å². The van der Waals surface area contributed by atoms with Crippen LogP contribution in [-0.2, 0) is 4.79 Å². The van der Waals surface area contributed by atoms with Gasteiger partial charge in [0, 0.05) is 0 Å². The molecule has 0 aromatic carbocycles. The molecule has 0 aromatic heterocycles. The van der Waals surface area contributed by atoms with Crippen molar-refractivity contribution in [2.75, 3.05) is 0 Å². The Morgan fingerprint density at radius 3 is 2.18 bits per heavy atom. The highest BCUT2D eigenvalue weighted by Crippen LogP contribution is 2.37. The molecule has 0 unspecified atom stereocenters. The fraction of sp³-hybridized carbons (Fsp3) is 0.667. The summed E-state index contributed by atoms with van der Waals surface area (Å²) in [6.45, 7) is 3.60. The molecule has 1 fully saturated rings. The van der Waals surface area contributed by atoms with Crippen molar-refractivity contribution in [1.29, 1.82) is 0 Å². The number of hydrogen-bond donors (Lipinski definition) is 1. The van der Waals surface area contributed by atoms with E-state index in [1.54, 1.807) is 6.08 Å². The van der Waals surface area contributed by atoms with Gasteiger partial charge in [-0.05, 0) is 12.8 Å². The van der Waals surface area contributed by atoms with Crippen LogP contribution in [-0.4, -0.2) is 11.1 Å². The van der Waals surface area contributed by atoms with E-state index in [1.807, 2.05) is 0 Å². The Labute approximate surface area is 66.9 Å². The molecule has 0 atom stereocenters. The molecule has 0 aromatic rings. The van der Waals surface area contributed by atoms with Crippen molar-refractivity contribution in [3.8, 4) is 0 Å². The number of hydrogen-bond acceptors (Lipinski definition) is 1. The molecule has 11 heavy (non-hydrogen) atoms. The second kappa shape index (κ2) is 3.07. The van der Waals surface area contributed by atoms with Crippen LogP contribution in [0, 0.1) is 5.41 Å². The molecule has 0 aliphatic heterocycles. The highest BCUT2D eigenvalue weighted by atomic mass is 16.4. The van der Waals surface area contributed by atoms with Crippen LogP contribution in [0.1, 0.15) is 32.1 Å². The standard InChI is InChI=1S/C9H14O2/c1-2-9(8(10)11)6-4-3-5-7-9/h2H,1,3-7H2,(H,10,11). The molecule has 0 radical (unpaired) electrons. The molecule has 62 valence electrons. The second-order valence-corrected chi connectivity index (χ2v) is 3.23. The van der Waals surface area contributed by atoms with E-state index in [2.05, 4.69) is 6.58 Å². The summed E-state index contributed by atoms with van der Waals surface area (Å²) < 4.78 is 0. The van der Waals surface area contributed by atoms with Gasteiger partial charge < -0.3 is 5.11 Å². The van der Waals surface area contributed by atoms with Crippen molar-refractivity contribution in [2.45, 2.75) is 32.1 Å². The predicted molar refractivity (Wildman–Crippen MR) is 43.4 cm³/mol. The SMILES string of the molecule is C=CC1(C(=O)O)CCCCC1. The molecule has 0 amide bonds. The minimum absolute atomic E-state index is 0.599. The van der Waals surface area contributed by atoms with Crippen LogP contribution in [0.25, 0.3) is 0 Å². The van der Waals surface area contributed by atoms with Gasteiger partial charge in [0.1, 0.15) is 0 Å². The molecule has 1 aliphatic rings. The summed E-state index contributed by atoms with van der Waals surface area (Å²) in [7, 11) is 0. The van der Waals surface area contributed by atoms with Crippen molar-refractivity contribution in [3.05, 3.63) is 12.7 Å². The summed E-state index contributed by atoms with van der Waals surface area (Å²) in [6, 6.07) is 0. The molecular formula is C9H14O2. The lowest BCUT2D eigenvalue weighted by Gasteiger charge is -2.29. The summed E-state index contributed by atoms with van der Waals surface area (Å²) in [6.07, 6.45) is 6.37. The Bertz CT molecular complexity index is 166. The van der Waals surface area contributed by atoms with E-state index >= 15 is 0 Å². The van der Waals surface area contributed by atoms with Crippen LogP contribution in [0.4, 0.5) is 0 Å². The molecule has 0 heterocycles. The largest absolute Gasteiger partial charge is 0.481 e. The zero-order chi connectivity index (χ0) is 8.32. The maximum atomic E-state index is 10.8. The minimum atomic E-state index is -0.702. The van der Waals surface area contributed by atoms with Crippen LogP contribution in [0.15, 0.2) is 12.7 Å². The first kappa shape index (κ1) is 8.31. The first-order valence-corrected chi connectivity index (χ1v) is 4.08. The van der Waals surface area contributed by atoms with Crippen LogP contribution in [0.2, 0.25) is 0 Å². The van der Waals surface area contributed by atoms with Crippen molar-refractivity contribution >= 4 is 5.97 Å². The Hall–Kier alpha value is -0.790. The lowest BCUT2D eigenvalue weighted by atomic mass is 9.74. The van der Waals surface area contributed by atoms with Crippen molar-refractivity contribution in [3.63, 3.8) is 0 Å². The van der Waals surface area contributed by atoms with E-state index in [0.717, 1.165) is 25.7 Å². The molecule has 2 heteroatoms. The van der Waals surface area contributed by atoms with E-state index in [1.165, 1.54) is 6.42 Å². The van der Waals surface area contributed by atoms with E-state index in [9.17, 15) is 4.79 Å². The molecule has 0 saturated heterocycles. The third-order valence-electron chi connectivity index (χ3n) is 2.56. The molecule has 1 aliphatic carbocycles. The fourth-order valence-corrected chi connectivity index (χ4v) is 1.69. The number of carboxylic acids is 1. The summed E-state index contributed by atoms with van der Waals surface area (Å²) in [4.78, 5) is 10.8. The zero-order valence-corrected chi connectivity index (χ0v) is 6.68. The van der Waals surface area contributed by atoms with Gasteiger partial charge in [0.2, 0.25) is 0 Å². The van der Waals surface area contributed by atoms with E-state index in [4.69, 9.17) is 5.11 Å². The number of aliphatic carboxylic acids is 1. The quantitative estimate of drug-likeness (QED) is 0.619. The maximum Gasteiger partial charge on any atom is 0.313 e. The first-order valence-electron chi connectivity index (χ1n) is 4.08. The van der Waals surface area contributed by atoms with Crippen LogP contribution >= 0.6 is 0 Å². The van der Waals surface area contributed by atoms with Gasteiger partial charge in [0.05, 0.1) is 5.41 Å². The number of carbonyl (C=O) groups is 1. The van der Waals surface area contributed by atoms with Gasteiger partial charge in [-0.15, -0.1) is 6.58 Å². The average Bonchev–Trinajstić information content (AvgIpc) is 2.05. The zero-order valence-electron chi connectivity index (χ0n) is 6.68. The lowest BCUT2D eigenvalue weighted by Crippen LogP contribution is -2.30. The summed E-state index contributed by atoms with van der Waals surface area (Å²) in [5.41, 5.74) is -0.599. The second-order valence-electron chi connectivity index (χ2n) is 3.23. The van der Waals surface area contributed by atoms with Crippen molar-refractivity contribution in [1.82, 2.24) is 0 Å². The fourth-order valence-electron chi connectivity index (χ4n) is 1.69. The molecular weight excluding hydrogens is 140 g/mol. The van der Waals surface area contributed by atoms with Crippen molar-refractivity contribution in [2.24, 2.45) is 5.41 Å². The molecule has 2 nitrogen and oxygen atoms in total. The number of carboxylic acid groups (broad SMARTS) is 1. The Balaban J connectivity index is 2.72. The van der Waals surface area contributed by atoms with Gasteiger partial charge in [0.15, 0.2) is 0 Å². The van der Waals surface area contributed by atoms with Gasteiger partial charge in [-0.1, -0.05) is 25.3 Å². The third kappa shape index (κ3) is 1.44. The maximum absolute atomic E-state index is 10.8. The van der Waals surface area contributed by atoms with Gasteiger partial charge >= 0.3 is 5.97 Å². The topological polar surface area (TPSA) is 37.3 Å². The molecule has 0 spiro atoms. The predicted octanol–water partition coefficient (Wildman–Crippen LogP) is 2.21.